The molecule has 2 heterocycles. The van der Waals surface area contributed by atoms with Gasteiger partial charge in [0, 0.05) is 24.0 Å². The predicted octanol–water partition coefficient (Wildman–Crippen LogP) is 3.22. The summed E-state index contributed by atoms with van der Waals surface area (Å²) >= 11 is 1.38. The predicted molar refractivity (Wildman–Crippen MR) is 102 cm³/mol. The number of nitrogens with two attached hydrogens (primary N) is 1. The minimum atomic E-state index is -0.463. The molecule has 0 unspecified atom stereocenters. The summed E-state index contributed by atoms with van der Waals surface area (Å²) in [4.78, 5) is 28.6. The number of aromatic nitrogens is 1. The third-order valence-electron chi connectivity index (χ3n) is 4.41. The van der Waals surface area contributed by atoms with Crippen LogP contribution in [0, 0.1) is 0 Å². The molecule has 0 saturated heterocycles. The minimum absolute atomic E-state index is 0.0285. The van der Waals surface area contributed by atoms with Crippen LogP contribution < -0.4 is 21.1 Å². The fourth-order valence-electron chi connectivity index (χ4n) is 2.77. The summed E-state index contributed by atoms with van der Waals surface area (Å²) in [6.07, 6.45) is 1.70. The second-order valence-electron chi connectivity index (χ2n) is 6.52. The number of nitrogens with zero attached hydrogens (tertiary/aromatic N) is 1. The Kier molecular flexibility index (Phi) is 5.13. The van der Waals surface area contributed by atoms with E-state index in [9.17, 15) is 9.59 Å². The Morgan fingerprint density at radius 1 is 1.46 bits per heavy atom. The molecule has 4 N–H and O–H groups in total. The Morgan fingerprint density at radius 2 is 2.27 bits per heavy atom. The van der Waals surface area contributed by atoms with E-state index in [2.05, 4.69) is 15.6 Å². The zero-order valence-electron chi connectivity index (χ0n) is 14.8. The van der Waals surface area contributed by atoms with Crippen molar-refractivity contribution in [1.82, 2.24) is 10.3 Å². The summed E-state index contributed by atoms with van der Waals surface area (Å²) < 4.78 is 5.95. The van der Waals surface area contributed by atoms with Crippen molar-refractivity contribution < 1.29 is 14.3 Å². The highest BCUT2D eigenvalue weighted by Gasteiger charge is 2.35. The molecule has 2 aromatic rings. The molecule has 1 aromatic heterocycles. The largest absolute Gasteiger partial charge is 0.486 e. The van der Waals surface area contributed by atoms with Crippen molar-refractivity contribution >= 4 is 34.0 Å². The van der Waals surface area contributed by atoms with Crippen molar-refractivity contribution in [3.63, 3.8) is 0 Å². The van der Waals surface area contributed by atoms with Gasteiger partial charge < -0.3 is 21.1 Å². The zero-order valence-corrected chi connectivity index (χ0v) is 15.6. The first-order chi connectivity index (χ1) is 12.4. The van der Waals surface area contributed by atoms with Gasteiger partial charge in [0.25, 0.3) is 0 Å². The number of hydrogen-bond acceptors (Lipinski definition) is 6. The number of ether oxygens (including phenoxy) is 1. The summed E-state index contributed by atoms with van der Waals surface area (Å²) in [6.45, 7) is 4.37. The number of hydrogen-bond donors (Lipinski definition) is 3. The molecule has 1 aliphatic heterocycles. The third kappa shape index (κ3) is 4.13. The number of carbonyl (C=O) groups is 2. The molecule has 1 aliphatic rings. The number of carbonyl (C=O) groups excluding carboxylic acids is 2. The number of thiazole rings is 1. The highest BCUT2D eigenvalue weighted by molar-refractivity contribution is 7.13. The number of anilines is 2. The molecule has 0 aliphatic carbocycles. The van der Waals surface area contributed by atoms with E-state index in [1.165, 1.54) is 11.3 Å². The van der Waals surface area contributed by atoms with E-state index in [4.69, 9.17) is 10.5 Å². The van der Waals surface area contributed by atoms with Crippen molar-refractivity contribution in [2.45, 2.75) is 38.7 Å². The van der Waals surface area contributed by atoms with Gasteiger partial charge in [-0.05, 0) is 31.5 Å². The van der Waals surface area contributed by atoms with E-state index in [0.717, 1.165) is 12.1 Å². The number of fused-ring (bicyclic) bond motifs is 1. The average Bonchev–Trinajstić information content (AvgIpc) is 3.01. The Morgan fingerprint density at radius 3 is 2.96 bits per heavy atom. The topological polar surface area (TPSA) is 106 Å². The van der Waals surface area contributed by atoms with Crippen molar-refractivity contribution in [3.8, 4) is 5.75 Å². The fraction of sp³-hybridized carbons (Fsp3) is 0.389. The summed E-state index contributed by atoms with van der Waals surface area (Å²) in [5.41, 5.74) is 7.02. The number of Topliss-reactive ketones (excluding diaryl/α,β-unsaturated/α-hetero) is 1. The molecule has 26 heavy (non-hydrogen) atoms. The lowest BCUT2D eigenvalue weighted by Gasteiger charge is -2.34. The Bertz CT molecular complexity index is 836. The van der Waals surface area contributed by atoms with Crippen molar-refractivity contribution in [3.05, 3.63) is 34.8 Å². The van der Waals surface area contributed by atoms with Crippen LogP contribution in [0.2, 0.25) is 0 Å². The molecule has 7 nitrogen and oxygen atoms in total. The zero-order chi connectivity index (χ0) is 18.7. The lowest BCUT2D eigenvalue weighted by molar-refractivity contribution is 0.0499. The van der Waals surface area contributed by atoms with Crippen LogP contribution in [0.4, 0.5) is 15.6 Å². The Hall–Kier alpha value is -2.61. The highest BCUT2D eigenvalue weighted by atomic mass is 32.1. The van der Waals surface area contributed by atoms with Crippen LogP contribution in [0.3, 0.4) is 0 Å². The van der Waals surface area contributed by atoms with Gasteiger partial charge in [0.1, 0.15) is 11.4 Å². The lowest BCUT2D eigenvalue weighted by atomic mass is 9.89. The SMILES string of the molecule is CC[C@@]1(C)CC(=O)c2cc(NC(=O)NCCc3csc(N)n3)ccc2O1. The van der Waals surface area contributed by atoms with Gasteiger partial charge in [-0.3, -0.25) is 4.79 Å². The number of amides is 2. The summed E-state index contributed by atoms with van der Waals surface area (Å²) in [5, 5.41) is 7.89. The minimum Gasteiger partial charge on any atom is -0.486 e. The molecule has 1 aromatic carbocycles. The molecule has 0 saturated carbocycles. The van der Waals surface area contributed by atoms with Gasteiger partial charge in [0.05, 0.1) is 17.7 Å². The molecule has 2 amide bonds. The Balaban J connectivity index is 1.58. The summed E-state index contributed by atoms with van der Waals surface area (Å²) in [6, 6.07) is 4.78. The standard InChI is InChI=1S/C18H22N4O3S/c1-3-18(2)9-14(23)13-8-11(4-5-15(13)25-18)22-17(24)20-7-6-12-10-26-16(19)21-12/h4-5,8,10H,3,6-7,9H2,1-2H3,(H2,19,21)(H2,20,22,24)/t18-/m0/s1. The molecule has 0 fully saturated rings. The van der Waals surface area contributed by atoms with Crippen molar-refractivity contribution in [2.24, 2.45) is 0 Å². The second kappa shape index (κ2) is 7.33. The maximum Gasteiger partial charge on any atom is 0.319 e. The van der Waals surface area contributed by atoms with Crippen LogP contribution in [-0.2, 0) is 6.42 Å². The highest BCUT2D eigenvalue weighted by Crippen LogP contribution is 2.36. The number of nitrogens with one attached hydrogen (secondary N) is 2. The fourth-order valence-corrected chi connectivity index (χ4v) is 3.36. The normalized spacial score (nSPS) is 18.8. The monoisotopic (exact) mass is 374 g/mol. The molecule has 0 spiro atoms. The van der Waals surface area contributed by atoms with E-state index in [-0.39, 0.29) is 11.8 Å². The van der Waals surface area contributed by atoms with Gasteiger partial charge in [-0.25, -0.2) is 9.78 Å². The van der Waals surface area contributed by atoms with Crippen molar-refractivity contribution in [2.75, 3.05) is 17.6 Å². The number of rotatable bonds is 5. The van der Waals surface area contributed by atoms with Gasteiger partial charge in [-0.2, -0.15) is 0 Å². The molecular weight excluding hydrogens is 352 g/mol. The van der Waals surface area contributed by atoms with Crippen LogP contribution in [0.1, 0.15) is 42.7 Å². The van der Waals surface area contributed by atoms with Crippen LogP contribution in [0.15, 0.2) is 23.6 Å². The first-order valence-corrected chi connectivity index (χ1v) is 9.37. The van der Waals surface area contributed by atoms with Crippen LogP contribution in [-0.4, -0.2) is 28.9 Å². The molecule has 1 atom stereocenters. The van der Waals surface area contributed by atoms with Gasteiger partial charge in [-0.1, -0.05) is 6.92 Å². The number of ketones is 1. The van der Waals surface area contributed by atoms with Crippen LogP contribution >= 0.6 is 11.3 Å². The molecule has 8 heteroatoms. The first kappa shape index (κ1) is 18.2. The lowest BCUT2D eigenvalue weighted by Crippen LogP contribution is -2.38. The molecular formula is C18H22N4O3S. The number of benzene rings is 1. The molecule has 3 rings (SSSR count). The number of nitrogen functional groups attached to an aromatic ring is 1. The van der Waals surface area contributed by atoms with E-state index in [1.54, 1.807) is 18.2 Å². The van der Waals surface area contributed by atoms with Gasteiger partial charge in [0.15, 0.2) is 10.9 Å². The maximum atomic E-state index is 12.4. The number of urea groups is 1. The van der Waals surface area contributed by atoms with Crippen LogP contribution in [0.25, 0.3) is 0 Å². The van der Waals surface area contributed by atoms with E-state index < -0.39 is 5.60 Å². The van der Waals surface area contributed by atoms with E-state index in [0.29, 0.717) is 41.5 Å². The quantitative estimate of drug-likeness (QED) is 0.745. The maximum absolute atomic E-state index is 12.4. The summed E-state index contributed by atoms with van der Waals surface area (Å²) in [5.74, 6) is 0.596. The first-order valence-electron chi connectivity index (χ1n) is 8.49. The molecule has 138 valence electrons. The van der Waals surface area contributed by atoms with E-state index >= 15 is 0 Å². The second-order valence-corrected chi connectivity index (χ2v) is 7.41. The average molecular weight is 374 g/mol. The third-order valence-corrected chi connectivity index (χ3v) is 5.14. The van der Waals surface area contributed by atoms with Gasteiger partial charge >= 0.3 is 6.03 Å². The van der Waals surface area contributed by atoms with Gasteiger partial charge in [0.2, 0.25) is 0 Å². The smallest absolute Gasteiger partial charge is 0.319 e. The Labute approximate surface area is 156 Å². The van der Waals surface area contributed by atoms with Crippen molar-refractivity contribution in [1.29, 1.82) is 0 Å². The van der Waals surface area contributed by atoms with Gasteiger partial charge in [-0.15, -0.1) is 11.3 Å². The molecule has 0 radical (unpaired) electrons. The van der Waals surface area contributed by atoms with E-state index in [1.807, 2.05) is 19.2 Å². The summed E-state index contributed by atoms with van der Waals surface area (Å²) in [7, 11) is 0. The molecule has 0 bridgehead atoms. The van der Waals surface area contributed by atoms with Crippen LogP contribution in [0.5, 0.6) is 5.75 Å².